The van der Waals surface area contributed by atoms with E-state index in [0.717, 1.165) is 36.0 Å². The maximum absolute atomic E-state index is 13.2. The van der Waals surface area contributed by atoms with Crippen molar-refractivity contribution in [2.45, 2.75) is 38.8 Å². The fraction of sp³-hybridized carbons (Fsp3) is 0.391. The van der Waals surface area contributed by atoms with E-state index in [1.54, 1.807) is 13.1 Å². The molecule has 0 atom stereocenters. The summed E-state index contributed by atoms with van der Waals surface area (Å²) < 4.78 is 18.8. The number of benzene rings is 2. The Bertz CT molecular complexity index is 903. The summed E-state index contributed by atoms with van der Waals surface area (Å²) in [6, 6.07) is 12.8. The number of hydrogen-bond donors (Lipinski definition) is 3. The number of ether oxygens (including phenoxy) is 1. The van der Waals surface area contributed by atoms with Gasteiger partial charge in [0.15, 0.2) is 12.6 Å². The first kappa shape index (κ1) is 24.9. The molecule has 1 aliphatic carbocycles. The standard InChI is InChI=1S/C23H29FN4O2.HI/c1-16-12-19(24)7-6-18(16)10-11-26-23(25-2)27-14-17-4-3-5-21(13-17)30-15-22(29)28-20-8-9-20;/h3-7,12-13,20H,8-11,14-15H2,1-2H3,(H,28,29)(H2,25,26,27);1H. The van der Waals surface area contributed by atoms with E-state index in [9.17, 15) is 9.18 Å². The number of aliphatic imine (C=N–C) groups is 1. The van der Waals surface area contributed by atoms with Crippen LogP contribution in [0.5, 0.6) is 5.75 Å². The predicted molar refractivity (Wildman–Crippen MR) is 132 cm³/mol. The summed E-state index contributed by atoms with van der Waals surface area (Å²) in [5.74, 6) is 1.05. The smallest absolute Gasteiger partial charge is 0.258 e. The van der Waals surface area contributed by atoms with Gasteiger partial charge < -0.3 is 20.7 Å². The van der Waals surface area contributed by atoms with Crippen LogP contribution in [0.1, 0.15) is 29.5 Å². The van der Waals surface area contributed by atoms with E-state index >= 15 is 0 Å². The summed E-state index contributed by atoms with van der Waals surface area (Å²) in [5.41, 5.74) is 3.07. The second kappa shape index (κ2) is 12.5. The number of nitrogens with zero attached hydrogens (tertiary/aromatic N) is 1. The zero-order chi connectivity index (χ0) is 21.3. The van der Waals surface area contributed by atoms with Gasteiger partial charge in [-0.2, -0.15) is 0 Å². The largest absolute Gasteiger partial charge is 0.484 e. The number of aryl methyl sites for hydroxylation is 1. The van der Waals surface area contributed by atoms with Crippen molar-refractivity contribution in [3.8, 4) is 5.75 Å². The van der Waals surface area contributed by atoms with Crippen LogP contribution in [-0.4, -0.2) is 38.1 Å². The van der Waals surface area contributed by atoms with Crippen LogP contribution < -0.4 is 20.7 Å². The Labute approximate surface area is 200 Å². The summed E-state index contributed by atoms with van der Waals surface area (Å²) in [5, 5.41) is 9.44. The minimum Gasteiger partial charge on any atom is -0.484 e. The van der Waals surface area contributed by atoms with Crippen molar-refractivity contribution in [2.24, 2.45) is 4.99 Å². The number of hydrogen-bond acceptors (Lipinski definition) is 3. The average molecular weight is 540 g/mol. The van der Waals surface area contributed by atoms with E-state index in [1.165, 1.54) is 6.07 Å². The van der Waals surface area contributed by atoms with Crippen LogP contribution in [0.25, 0.3) is 0 Å². The van der Waals surface area contributed by atoms with Crippen LogP contribution in [-0.2, 0) is 17.8 Å². The third-order valence-electron chi connectivity index (χ3n) is 4.89. The third kappa shape index (κ3) is 8.72. The number of carbonyl (C=O) groups is 1. The van der Waals surface area contributed by atoms with Gasteiger partial charge in [-0.3, -0.25) is 9.79 Å². The molecule has 0 bridgehead atoms. The third-order valence-corrected chi connectivity index (χ3v) is 4.89. The van der Waals surface area contributed by atoms with Crippen molar-refractivity contribution in [3.63, 3.8) is 0 Å². The fourth-order valence-corrected chi connectivity index (χ4v) is 3.05. The van der Waals surface area contributed by atoms with Gasteiger partial charge in [0.2, 0.25) is 0 Å². The van der Waals surface area contributed by atoms with Gasteiger partial charge in [0.25, 0.3) is 5.91 Å². The van der Waals surface area contributed by atoms with E-state index < -0.39 is 0 Å². The summed E-state index contributed by atoms with van der Waals surface area (Å²) in [6.45, 7) is 3.20. The second-order valence-electron chi connectivity index (χ2n) is 7.45. The minimum absolute atomic E-state index is 0. The monoisotopic (exact) mass is 540 g/mol. The molecule has 1 saturated carbocycles. The first-order valence-corrected chi connectivity index (χ1v) is 10.2. The zero-order valence-corrected chi connectivity index (χ0v) is 20.2. The molecule has 0 spiro atoms. The van der Waals surface area contributed by atoms with E-state index in [1.807, 2.05) is 37.3 Å². The lowest BCUT2D eigenvalue weighted by molar-refractivity contribution is -0.123. The van der Waals surface area contributed by atoms with Crippen molar-refractivity contribution in [2.75, 3.05) is 20.2 Å². The van der Waals surface area contributed by atoms with Crippen LogP contribution in [0.4, 0.5) is 4.39 Å². The normalized spacial score (nSPS) is 13.2. The number of rotatable bonds is 9. The summed E-state index contributed by atoms with van der Waals surface area (Å²) >= 11 is 0. The van der Waals surface area contributed by atoms with E-state index in [0.29, 0.717) is 30.8 Å². The van der Waals surface area contributed by atoms with Crippen molar-refractivity contribution < 1.29 is 13.9 Å². The number of amides is 1. The van der Waals surface area contributed by atoms with Gasteiger partial charge in [-0.05, 0) is 67.1 Å². The highest BCUT2D eigenvalue weighted by Gasteiger charge is 2.23. The van der Waals surface area contributed by atoms with Crippen molar-refractivity contribution in [1.82, 2.24) is 16.0 Å². The lowest BCUT2D eigenvalue weighted by Crippen LogP contribution is -2.37. The Morgan fingerprint density at radius 2 is 2.00 bits per heavy atom. The van der Waals surface area contributed by atoms with Gasteiger partial charge in [0.1, 0.15) is 11.6 Å². The molecule has 31 heavy (non-hydrogen) atoms. The highest BCUT2D eigenvalue weighted by Crippen LogP contribution is 2.18. The molecule has 0 aliphatic heterocycles. The molecule has 0 saturated heterocycles. The zero-order valence-electron chi connectivity index (χ0n) is 17.9. The highest BCUT2D eigenvalue weighted by atomic mass is 127. The lowest BCUT2D eigenvalue weighted by atomic mass is 10.1. The fourth-order valence-electron chi connectivity index (χ4n) is 3.05. The molecule has 3 N–H and O–H groups in total. The summed E-state index contributed by atoms with van der Waals surface area (Å²) in [4.78, 5) is 16.0. The minimum atomic E-state index is -0.212. The molecule has 6 nitrogen and oxygen atoms in total. The second-order valence-corrected chi connectivity index (χ2v) is 7.45. The molecule has 1 aliphatic rings. The number of halogens is 2. The molecule has 2 aromatic rings. The highest BCUT2D eigenvalue weighted by molar-refractivity contribution is 14.0. The van der Waals surface area contributed by atoms with E-state index in [2.05, 4.69) is 20.9 Å². The van der Waals surface area contributed by atoms with Crippen molar-refractivity contribution >= 4 is 35.8 Å². The van der Waals surface area contributed by atoms with Gasteiger partial charge in [-0.1, -0.05) is 18.2 Å². The van der Waals surface area contributed by atoms with Crippen LogP contribution >= 0.6 is 24.0 Å². The maximum atomic E-state index is 13.2. The van der Waals surface area contributed by atoms with Gasteiger partial charge >= 0.3 is 0 Å². The number of nitrogens with one attached hydrogen (secondary N) is 3. The molecule has 3 rings (SSSR count). The Kier molecular flexibility index (Phi) is 10.0. The molecule has 0 unspecified atom stereocenters. The SMILES string of the molecule is CN=C(NCCc1ccc(F)cc1C)NCc1cccc(OCC(=O)NC2CC2)c1.I. The average Bonchev–Trinajstić information content (AvgIpc) is 3.54. The van der Waals surface area contributed by atoms with Gasteiger partial charge in [0.05, 0.1) is 0 Å². The van der Waals surface area contributed by atoms with Crippen LogP contribution in [0, 0.1) is 12.7 Å². The molecule has 8 heteroatoms. The quantitative estimate of drug-likeness (QED) is 0.259. The lowest BCUT2D eigenvalue weighted by Gasteiger charge is -2.13. The topological polar surface area (TPSA) is 74.8 Å². The van der Waals surface area contributed by atoms with Crippen molar-refractivity contribution in [1.29, 1.82) is 0 Å². The molecule has 168 valence electrons. The Morgan fingerprint density at radius 3 is 2.71 bits per heavy atom. The number of guanidine groups is 1. The van der Waals surface area contributed by atoms with Gasteiger partial charge in [-0.15, -0.1) is 24.0 Å². The van der Waals surface area contributed by atoms with E-state index in [-0.39, 0.29) is 42.3 Å². The first-order valence-electron chi connectivity index (χ1n) is 10.2. The first-order chi connectivity index (χ1) is 14.5. The maximum Gasteiger partial charge on any atom is 0.258 e. The van der Waals surface area contributed by atoms with E-state index in [4.69, 9.17) is 4.74 Å². The molecular weight excluding hydrogens is 510 g/mol. The number of carbonyl (C=O) groups excluding carboxylic acids is 1. The molecule has 2 aromatic carbocycles. The Balaban J connectivity index is 0.00000341. The van der Waals surface area contributed by atoms with Gasteiger partial charge in [0, 0.05) is 26.2 Å². The van der Waals surface area contributed by atoms with Crippen LogP contribution in [0.15, 0.2) is 47.5 Å². The Hall–Kier alpha value is -2.36. The molecule has 0 heterocycles. The molecule has 0 radical (unpaired) electrons. The van der Waals surface area contributed by atoms with Gasteiger partial charge in [-0.25, -0.2) is 4.39 Å². The summed E-state index contributed by atoms with van der Waals surface area (Å²) in [6.07, 6.45) is 2.90. The predicted octanol–water partition coefficient (Wildman–Crippen LogP) is 3.32. The van der Waals surface area contributed by atoms with Crippen molar-refractivity contribution in [3.05, 3.63) is 65.0 Å². The molecule has 1 amide bonds. The van der Waals surface area contributed by atoms with Crippen LogP contribution in [0.3, 0.4) is 0 Å². The Morgan fingerprint density at radius 1 is 1.19 bits per heavy atom. The molecular formula is C23H30FIN4O2. The molecule has 0 aromatic heterocycles. The molecule has 1 fully saturated rings. The van der Waals surface area contributed by atoms with Crippen LogP contribution in [0.2, 0.25) is 0 Å². The summed E-state index contributed by atoms with van der Waals surface area (Å²) in [7, 11) is 1.72.